The number of aryl methyl sites for hydroxylation is 2. The lowest BCUT2D eigenvalue weighted by Crippen LogP contribution is -2.09. The number of pyridine rings is 1. The molecule has 0 spiro atoms. The number of ketones is 1. The number of Topliss-reactive ketones (excluding diaryl/α,β-unsaturated/α-hetero) is 1. The summed E-state index contributed by atoms with van der Waals surface area (Å²) in [5, 5.41) is 8.00. The molecule has 0 unspecified atom stereocenters. The number of H-pyrrole nitrogens is 2. The van der Waals surface area contributed by atoms with Gasteiger partial charge < -0.3 is 9.72 Å². The zero-order chi connectivity index (χ0) is 20.0. The first-order chi connectivity index (χ1) is 14.1. The summed E-state index contributed by atoms with van der Waals surface area (Å²) in [6, 6.07) is 10.4. The summed E-state index contributed by atoms with van der Waals surface area (Å²) in [6.45, 7) is 4.58. The minimum Gasteiger partial charge on any atom is -0.493 e. The van der Waals surface area contributed by atoms with Crippen molar-refractivity contribution >= 4 is 16.8 Å². The Morgan fingerprint density at radius 1 is 1.24 bits per heavy atom. The largest absolute Gasteiger partial charge is 0.493 e. The summed E-state index contributed by atoms with van der Waals surface area (Å²) in [4.78, 5) is 20.6. The first-order valence-corrected chi connectivity index (χ1v) is 9.87. The van der Waals surface area contributed by atoms with Crippen LogP contribution in [-0.2, 0) is 12.8 Å². The highest BCUT2D eigenvalue weighted by atomic mass is 16.5. The first-order valence-electron chi connectivity index (χ1n) is 9.87. The van der Waals surface area contributed by atoms with Crippen LogP contribution in [0.2, 0.25) is 0 Å². The second kappa shape index (κ2) is 6.88. The van der Waals surface area contributed by atoms with E-state index >= 15 is 0 Å². The van der Waals surface area contributed by atoms with Crippen LogP contribution in [0, 0.1) is 13.8 Å². The molecule has 1 aliphatic heterocycles. The van der Waals surface area contributed by atoms with E-state index in [1.807, 2.05) is 19.9 Å². The number of hydrogen-bond donors (Lipinski definition) is 2. The monoisotopic (exact) mass is 386 g/mol. The molecule has 3 aromatic heterocycles. The molecule has 1 aromatic carbocycles. The van der Waals surface area contributed by atoms with Gasteiger partial charge in [0.2, 0.25) is 0 Å². The van der Waals surface area contributed by atoms with Crippen molar-refractivity contribution in [3.63, 3.8) is 0 Å². The van der Waals surface area contributed by atoms with Crippen molar-refractivity contribution < 1.29 is 9.53 Å². The van der Waals surface area contributed by atoms with Crippen LogP contribution in [0.3, 0.4) is 0 Å². The zero-order valence-corrected chi connectivity index (χ0v) is 16.5. The Kier molecular flexibility index (Phi) is 4.19. The molecule has 4 aromatic rings. The predicted molar refractivity (Wildman–Crippen MR) is 111 cm³/mol. The van der Waals surface area contributed by atoms with Crippen molar-refractivity contribution in [2.75, 3.05) is 6.61 Å². The van der Waals surface area contributed by atoms with Gasteiger partial charge in [-0.3, -0.25) is 9.89 Å². The molecule has 0 saturated carbocycles. The maximum Gasteiger partial charge on any atom is 0.187 e. The predicted octanol–water partition coefficient (Wildman–Crippen LogP) is 4.32. The summed E-state index contributed by atoms with van der Waals surface area (Å²) in [5.41, 5.74) is 7.29. The fraction of sp³-hybridized carbons (Fsp3) is 0.261. The molecule has 6 nitrogen and oxygen atoms in total. The molecule has 0 bridgehead atoms. The molecule has 4 heterocycles. The van der Waals surface area contributed by atoms with E-state index in [0.717, 1.165) is 64.3 Å². The Balaban J connectivity index is 1.47. The molecule has 29 heavy (non-hydrogen) atoms. The molecule has 6 heteroatoms. The summed E-state index contributed by atoms with van der Waals surface area (Å²) < 4.78 is 5.95. The average molecular weight is 386 g/mol. The number of benzene rings is 1. The van der Waals surface area contributed by atoms with Crippen molar-refractivity contribution in [3.05, 3.63) is 64.6 Å². The van der Waals surface area contributed by atoms with Crippen LogP contribution in [0.1, 0.15) is 39.3 Å². The molecule has 1 aliphatic rings. The summed E-state index contributed by atoms with van der Waals surface area (Å²) in [5.74, 6) is 0.958. The summed E-state index contributed by atoms with van der Waals surface area (Å²) in [7, 11) is 0. The van der Waals surface area contributed by atoms with Crippen molar-refractivity contribution in [1.82, 2.24) is 20.2 Å². The van der Waals surface area contributed by atoms with E-state index in [4.69, 9.17) is 4.74 Å². The minimum absolute atomic E-state index is 0.00529. The number of rotatable bonds is 4. The third kappa shape index (κ3) is 3.10. The molecule has 2 N–H and O–H groups in total. The summed E-state index contributed by atoms with van der Waals surface area (Å²) >= 11 is 0. The van der Waals surface area contributed by atoms with Crippen molar-refractivity contribution in [3.8, 4) is 17.0 Å². The molecule has 0 amide bonds. The number of para-hydroxylation sites is 1. The van der Waals surface area contributed by atoms with E-state index in [1.54, 1.807) is 6.20 Å². The third-order valence-electron chi connectivity index (χ3n) is 5.63. The lowest BCUT2D eigenvalue weighted by molar-refractivity contribution is 0.0987. The second-order valence-corrected chi connectivity index (χ2v) is 7.63. The van der Waals surface area contributed by atoms with E-state index in [9.17, 15) is 4.79 Å². The highest BCUT2D eigenvalue weighted by Gasteiger charge is 2.18. The maximum atomic E-state index is 12.6. The SMILES string of the molecule is Cc1[nH]nc(C(=O)Cc2cnc3[nH]c(-c4cccc5c4OCCC5)cc3c2)c1C. The quantitative estimate of drug-likeness (QED) is 0.512. The molecule has 0 saturated heterocycles. The molecule has 0 fully saturated rings. The van der Waals surface area contributed by atoms with Gasteiger partial charge in [0.15, 0.2) is 5.78 Å². The van der Waals surface area contributed by atoms with Crippen molar-refractivity contribution in [2.24, 2.45) is 0 Å². The molecular formula is C23H22N4O2. The molecule has 146 valence electrons. The molecule has 5 rings (SSSR count). The zero-order valence-electron chi connectivity index (χ0n) is 16.5. The van der Waals surface area contributed by atoms with Crippen molar-refractivity contribution in [1.29, 1.82) is 0 Å². The Bertz CT molecular complexity index is 1240. The molecule has 0 atom stereocenters. The van der Waals surface area contributed by atoms with E-state index in [2.05, 4.69) is 44.4 Å². The Labute approximate surface area is 168 Å². The number of ether oxygens (including phenoxy) is 1. The lowest BCUT2D eigenvalue weighted by atomic mass is 10.0. The van der Waals surface area contributed by atoms with Gasteiger partial charge in [-0.2, -0.15) is 5.10 Å². The topological polar surface area (TPSA) is 83.7 Å². The number of aromatic amines is 2. The van der Waals surface area contributed by atoms with Crippen LogP contribution in [0.5, 0.6) is 5.75 Å². The highest BCUT2D eigenvalue weighted by molar-refractivity contribution is 5.97. The van der Waals surface area contributed by atoms with Crippen LogP contribution < -0.4 is 4.74 Å². The number of aromatic nitrogens is 4. The standard InChI is InChI=1S/C23H22N4O2/c1-13-14(2)26-27-21(13)20(28)10-15-9-17-11-19(25-23(17)24-12-15)18-7-3-5-16-6-4-8-29-22(16)18/h3,5,7,9,11-12H,4,6,8,10H2,1-2H3,(H,24,25)(H,26,27). The van der Waals surface area contributed by atoms with Crippen LogP contribution in [0.25, 0.3) is 22.3 Å². The minimum atomic E-state index is -0.00529. The van der Waals surface area contributed by atoms with Crippen LogP contribution in [-0.4, -0.2) is 32.6 Å². The average Bonchev–Trinajstić information content (AvgIpc) is 3.30. The van der Waals surface area contributed by atoms with Gasteiger partial charge in [0.05, 0.1) is 12.3 Å². The van der Waals surface area contributed by atoms with Gasteiger partial charge in [-0.25, -0.2) is 4.98 Å². The number of carbonyl (C=O) groups excluding carboxylic acids is 1. The molecular weight excluding hydrogens is 364 g/mol. The number of carbonyl (C=O) groups is 1. The van der Waals surface area contributed by atoms with Crippen molar-refractivity contribution in [2.45, 2.75) is 33.1 Å². The van der Waals surface area contributed by atoms with Gasteiger partial charge >= 0.3 is 0 Å². The van der Waals surface area contributed by atoms with Gasteiger partial charge in [0.25, 0.3) is 0 Å². The third-order valence-corrected chi connectivity index (χ3v) is 5.63. The fourth-order valence-electron chi connectivity index (χ4n) is 3.93. The van der Waals surface area contributed by atoms with Crippen LogP contribution in [0.15, 0.2) is 36.5 Å². The Hall–Kier alpha value is -3.41. The summed E-state index contributed by atoms with van der Waals surface area (Å²) in [6.07, 6.45) is 4.13. The fourth-order valence-corrected chi connectivity index (χ4v) is 3.93. The van der Waals surface area contributed by atoms with Gasteiger partial charge in [-0.05, 0) is 56.0 Å². The second-order valence-electron chi connectivity index (χ2n) is 7.63. The molecule has 0 aliphatic carbocycles. The number of nitrogens with one attached hydrogen (secondary N) is 2. The number of hydrogen-bond acceptors (Lipinski definition) is 4. The first kappa shape index (κ1) is 17.7. The van der Waals surface area contributed by atoms with Crippen LogP contribution in [0.4, 0.5) is 0 Å². The normalized spacial score (nSPS) is 13.3. The Morgan fingerprint density at radius 2 is 2.14 bits per heavy atom. The maximum absolute atomic E-state index is 12.6. The smallest absolute Gasteiger partial charge is 0.187 e. The number of nitrogens with zero attached hydrogens (tertiary/aromatic N) is 2. The van der Waals surface area contributed by atoms with E-state index in [1.165, 1.54) is 5.56 Å². The lowest BCUT2D eigenvalue weighted by Gasteiger charge is -2.19. The van der Waals surface area contributed by atoms with Gasteiger partial charge in [0, 0.05) is 34.8 Å². The van der Waals surface area contributed by atoms with E-state index < -0.39 is 0 Å². The number of fused-ring (bicyclic) bond motifs is 2. The highest BCUT2D eigenvalue weighted by Crippen LogP contribution is 2.36. The Morgan fingerprint density at radius 3 is 2.97 bits per heavy atom. The van der Waals surface area contributed by atoms with Gasteiger partial charge in [0.1, 0.15) is 17.1 Å². The van der Waals surface area contributed by atoms with Crippen LogP contribution >= 0.6 is 0 Å². The van der Waals surface area contributed by atoms with E-state index in [-0.39, 0.29) is 12.2 Å². The van der Waals surface area contributed by atoms with Gasteiger partial charge in [-0.1, -0.05) is 12.1 Å². The van der Waals surface area contributed by atoms with Gasteiger partial charge in [-0.15, -0.1) is 0 Å². The van der Waals surface area contributed by atoms with E-state index in [0.29, 0.717) is 5.69 Å². The molecule has 0 radical (unpaired) electrons.